The highest BCUT2D eigenvalue weighted by Gasteiger charge is 2.20. The molecule has 6 nitrogen and oxygen atoms in total. The molecule has 0 spiro atoms. The van der Waals surface area contributed by atoms with Gasteiger partial charge in [0.1, 0.15) is 5.78 Å². The number of benzene rings is 1. The molecule has 2 N–H and O–H groups in total. The number of anilines is 1. The lowest BCUT2D eigenvalue weighted by molar-refractivity contribution is -0.119. The highest BCUT2D eigenvalue weighted by molar-refractivity contribution is 5.92. The summed E-state index contributed by atoms with van der Waals surface area (Å²) in [5.74, 6) is 0.0354. The summed E-state index contributed by atoms with van der Waals surface area (Å²) in [6.45, 7) is 4.22. The average molecular weight is 427 g/mol. The molecule has 0 fully saturated rings. The predicted molar refractivity (Wildman–Crippen MR) is 126 cm³/mol. The Bertz CT molecular complexity index is 1150. The largest absolute Gasteiger partial charge is 0.324 e. The van der Waals surface area contributed by atoms with Crippen LogP contribution in [0.15, 0.2) is 67.0 Å². The standard InChI is InChI=1S/C26H26N4O2/c1-17-13-21(9-11-27-17)20-5-3-19(4-6-20)14-26(32)30-23-7-8-24(29-16-23)22-10-12-28-25(15-22)18(2)31/h3-11,13,16,25,28H,12,14-15H2,1-2H3,(H,30,32). The third-order valence-electron chi connectivity index (χ3n) is 5.55. The topological polar surface area (TPSA) is 84.0 Å². The predicted octanol–water partition coefficient (Wildman–Crippen LogP) is 3.97. The Morgan fingerprint density at radius 2 is 1.88 bits per heavy atom. The highest BCUT2D eigenvalue weighted by Crippen LogP contribution is 2.23. The second kappa shape index (κ2) is 9.66. The molecule has 0 saturated carbocycles. The Morgan fingerprint density at radius 1 is 1.06 bits per heavy atom. The van der Waals surface area contributed by atoms with Gasteiger partial charge in [-0.05, 0) is 66.8 Å². The van der Waals surface area contributed by atoms with Crippen LogP contribution in [0.3, 0.4) is 0 Å². The minimum atomic E-state index is -0.162. The first-order valence-electron chi connectivity index (χ1n) is 10.7. The monoisotopic (exact) mass is 426 g/mol. The second-order valence-electron chi connectivity index (χ2n) is 8.04. The van der Waals surface area contributed by atoms with Crippen molar-refractivity contribution >= 4 is 23.0 Å². The number of ketones is 1. The smallest absolute Gasteiger partial charge is 0.228 e. The Kier molecular flexibility index (Phi) is 6.52. The lowest BCUT2D eigenvalue weighted by atomic mass is 9.97. The van der Waals surface area contributed by atoms with Crippen LogP contribution in [-0.4, -0.2) is 34.2 Å². The van der Waals surface area contributed by atoms with Crippen molar-refractivity contribution in [3.63, 3.8) is 0 Å². The summed E-state index contributed by atoms with van der Waals surface area (Å²) in [7, 11) is 0. The number of aryl methyl sites for hydroxylation is 1. The SMILES string of the molecule is CC(=O)C1CC(c2ccc(NC(=O)Cc3ccc(-c4ccnc(C)c4)cc3)cn2)=CCN1. The third kappa shape index (κ3) is 5.34. The van der Waals surface area contributed by atoms with Gasteiger partial charge in [0.25, 0.3) is 0 Å². The van der Waals surface area contributed by atoms with Crippen LogP contribution in [0.5, 0.6) is 0 Å². The zero-order chi connectivity index (χ0) is 22.5. The van der Waals surface area contributed by atoms with Crippen LogP contribution in [0.1, 0.15) is 30.3 Å². The van der Waals surface area contributed by atoms with E-state index in [-0.39, 0.29) is 24.2 Å². The summed E-state index contributed by atoms with van der Waals surface area (Å²) in [5, 5.41) is 6.09. The van der Waals surface area contributed by atoms with E-state index >= 15 is 0 Å². The minimum absolute atomic E-state index is 0.0928. The average Bonchev–Trinajstić information content (AvgIpc) is 2.80. The first-order chi connectivity index (χ1) is 15.5. The van der Waals surface area contributed by atoms with Gasteiger partial charge in [-0.3, -0.25) is 19.6 Å². The molecule has 0 bridgehead atoms. The van der Waals surface area contributed by atoms with Crippen molar-refractivity contribution in [2.75, 3.05) is 11.9 Å². The van der Waals surface area contributed by atoms with Crippen molar-refractivity contribution in [1.82, 2.24) is 15.3 Å². The first-order valence-corrected chi connectivity index (χ1v) is 10.7. The lowest BCUT2D eigenvalue weighted by Crippen LogP contribution is -2.38. The van der Waals surface area contributed by atoms with Crippen molar-refractivity contribution in [2.24, 2.45) is 0 Å². The normalized spacial score (nSPS) is 15.7. The Balaban J connectivity index is 1.35. The number of aromatic nitrogens is 2. The molecule has 1 unspecified atom stereocenters. The number of nitrogens with zero attached hydrogens (tertiary/aromatic N) is 2. The Morgan fingerprint density at radius 3 is 2.56 bits per heavy atom. The molecule has 0 radical (unpaired) electrons. The van der Waals surface area contributed by atoms with E-state index in [1.165, 1.54) is 0 Å². The van der Waals surface area contributed by atoms with E-state index in [1.54, 1.807) is 19.3 Å². The molecule has 0 aliphatic carbocycles. The molecule has 162 valence electrons. The number of hydrogen-bond donors (Lipinski definition) is 2. The minimum Gasteiger partial charge on any atom is -0.324 e. The summed E-state index contributed by atoms with van der Waals surface area (Å²) >= 11 is 0. The van der Waals surface area contributed by atoms with E-state index in [1.807, 2.05) is 55.5 Å². The van der Waals surface area contributed by atoms with Crippen LogP contribution < -0.4 is 10.6 Å². The molecule has 0 saturated heterocycles. The number of nitrogens with one attached hydrogen (secondary N) is 2. The van der Waals surface area contributed by atoms with Gasteiger partial charge in [-0.2, -0.15) is 0 Å². The molecular weight excluding hydrogens is 400 g/mol. The molecule has 1 amide bonds. The van der Waals surface area contributed by atoms with Gasteiger partial charge in [0.05, 0.1) is 30.0 Å². The zero-order valence-electron chi connectivity index (χ0n) is 18.3. The summed E-state index contributed by atoms with van der Waals surface area (Å²) in [6.07, 6.45) is 6.43. The number of amides is 1. The summed E-state index contributed by atoms with van der Waals surface area (Å²) < 4.78 is 0. The third-order valence-corrected chi connectivity index (χ3v) is 5.55. The maximum atomic E-state index is 12.5. The van der Waals surface area contributed by atoms with Crippen LogP contribution >= 0.6 is 0 Å². The molecular formula is C26H26N4O2. The maximum absolute atomic E-state index is 12.5. The van der Waals surface area contributed by atoms with Gasteiger partial charge in [0, 0.05) is 18.4 Å². The number of carbonyl (C=O) groups excluding carboxylic acids is 2. The van der Waals surface area contributed by atoms with E-state index in [2.05, 4.69) is 26.7 Å². The molecule has 2 aromatic heterocycles. The van der Waals surface area contributed by atoms with Crippen molar-refractivity contribution in [2.45, 2.75) is 32.7 Å². The van der Waals surface area contributed by atoms with Gasteiger partial charge in [-0.25, -0.2) is 0 Å². The van der Waals surface area contributed by atoms with Gasteiger partial charge in [-0.1, -0.05) is 30.3 Å². The molecule has 4 rings (SSSR count). The van der Waals surface area contributed by atoms with Crippen LogP contribution in [0.4, 0.5) is 5.69 Å². The highest BCUT2D eigenvalue weighted by atomic mass is 16.1. The molecule has 1 atom stereocenters. The number of Topliss-reactive ketones (excluding diaryl/α,β-unsaturated/α-hetero) is 1. The number of hydrogen-bond acceptors (Lipinski definition) is 5. The second-order valence-corrected chi connectivity index (χ2v) is 8.04. The molecule has 1 aliphatic rings. The van der Waals surface area contributed by atoms with Crippen LogP contribution in [-0.2, 0) is 16.0 Å². The van der Waals surface area contributed by atoms with E-state index < -0.39 is 0 Å². The molecule has 3 heterocycles. The fraction of sp³-hybridized carbons (Fsp3) is 0.231. The van der Waals surface area contributed by atoms with Gasteiger partial charge in [-0.15, -0.1) is 0 Å². The van der Waals surface area contributed by atoms with E-state index in [9.17, 15) is 9.59 Å². The number of carbonyl (C=O) groups is 2. The summed E-state index contributed by atoms with van der Waals surface area (Å²) in [6, 6.07) is 15.6. The van der Waals surface area contributed by atoms with Crippen molar-refractivity contribution in [3.8, 4) is 11.1 Å². The number of rotatable bonds is 6. The van der Waals surface area contributed by atoms with Gasteiger partial charge in [0.15, 0.2) is 0 Å². The van der Waals surface area contributed by atoms with Crippen molar-refractivity contribution in [3.05, 3.63) is 84.0 Å². The van der Waals surface area contributed by atoms with Crippen molar-refractivity contribution < 1.29 is 9.59 Å². The van der Waals surface area contributed by atoms with E-state index in [4.69, 9.17) is 0 Å². The van der Waals surface area contributed by atoms with Gasteiger partial charge in [0.2, 0.25) is 5.91 Å². The maximum Gasteiger partial charge on any atom is 0.228 e. The van der Waals surface area contributed by atoms with E-state index in [0.29, 0.717) is 18.7 Å². The quantitative estimate of drug-likeness (QED) is 0.623. The van der Waals surface area contributed by atoms with Crippen molar-refractivity contribution in [1.29, 1.82) is 0 Å². The Hall–Kier alpha value is -3.64. The molecule has 1 aromatic carbocycles. The van der Waals surface area contributed by atoms with E-state index in [0.717, 1.165) is 33.7 Å². The fourth-order valence-electron chi connectivity index (χ4n) is 3.78. The fourth-order valence-corrected chi connectivity index (χ4v) is 3.78. The Labute approximate surface area is 187 Å². The molecule has 1 aliphatic heterocycles. The van der Waals surface area contributed by atoms with Crippen LogP contribution in [0, 0.1) is 6.92 Å². The summed E-state index contributed by atoms with van der Waals surface area (Å²) in [4.78, 5) is 32.8. The first kappa shape index (κ1) is 21.6. The molecule has 6 heteroatoms. The molecule has 32 heavy (non-hydrogen) atoms. The number of pyridine rings is 2. The van der Waals surface area contributed by atoms with Crippen LogP contribution in [0.2, 0.25) is 0 Å². The van der Waals surface area contributed by atoms with Crippen LogP contribution in [0.25, 0.3) is 16.7 Å². The van der Waals surface area contributed by atoms with Gasteiger partial charge < -0.3 is 10.6 Å². The summed E-state index contributed by atoms with van der Waals surface area (Å²) in [5.41, 5.74) is 6.65. The lowest BCUT2D eigenvalue weighted by Gasteiger charge is -2.21. The zero-order valence-corrected chi connectivity index (χ0v) is 18.3. The molecule has 3 aromatic rings. The van der Waals surface area contributed by atoms with Gasteiger partial charge >= 0.3 is 0 Å².